The van der Waals surface area contributed by atoms with Gasteiger partial charge in [-0.3, -0.25) is 4.90 Å². The Morgan fingerprint density at radius 2 is 2.20 bits per heavy atom. The lowest BCUT2D eigenvalue weighted by Gasteiger charge is -2.23. The zero-order valence-corrected chi connectivity index (χ0v) is 12.1. The zero-order valence-electron chi connectivity index (χ0n) is 12.1. The summed E-state index contributed by atoms with van der Waals surface area (Å²) in [4.78, 5) is 18.2. The Bertz CT molecular complexity index is 429. The SMILES string of the molecule is COc1ccc(NC(=O)NC[C@@H](C)N2CCCC2)cn1. The van der Waals surface area contributed by atoms with Gasteiger partial charge in [-0.05, 0) is 38.9 Å². The summed E-state index contributed by atoms with van der Waals surface area (Å²) in [7, 11) is 1.56. The molecule has 2 heterocycles. The van der Waals surface area contributed by atoms with Crippen LogP contribution < -0.4 is 15.4 Å². The van der Waals surface area contributed by atoms with Gasteiger partial charge < -0.3 is 15.4 Å². The number of hydrogen-bond acceptors (Lipinski definition) is 4. The van der Waals surface area contributed by atoms with Crippen molar-refractivity contribution in [3.8, 4) is 5.88 Å². The number of anilines is 1. The predicted molar refractivity (Wildman–Crippen MR) is 78.1 cm³/mol. The van der Waals surface area contributed by atoms with Crippen LogP contribution in [-0.4, -0.2) is 48.7 Å². The van der Waals surface area contributed by atoms with Gasteiger partial charge in [-0.15, -0.1) is 0 Å². The molecule has 1 aromatic heterocycles. The number of likely N-dealkylation sites (tertiary alicyclic amines) is 1. The van der Waals surface area contributed by atoms with Crippen LogP contribution in [0.4, 0.5) is 10.5 Å². The molecule has 0 saturated carbocycles. The van der Waals surface area contributed by atoms with Gasteiger partial charge in [0, 0.05) is 18.7 Å². The summed E-state index contributed by atoms with van der Waals surface area (Å²) in [6.07, 6.45) is 4.09. The van der Waals surface area contributed by atoms with E-state index in [9.17, 15) is 4.79 Å². The molecule has 0 bridgehead atoms. The van der Waals surface area contributed by atoms with Crippen LogP contribution in [0.5, 0.6) is 5.88 Å². The van der Waals surface area contributed by atoms with Gasteiger partial charge in [-0.1, -0.05) is 0 Å². The Hall–Kier alpha value is -1.82. The van der Waals surface area contributed by atoms with Crippen LogP contribution in [0.15, 0.2) is 18.3 Å². The Labute approximate surface area is 119 Å². The van der Waals surface area contributed by atoms with Gasteiger partial charge in [0.1, 0.15) is 0 Å². The first-order valence-electron chi connectivity index (χ1n) is 6.98. The van der Waals surface area contributed by atoms with Crippen LogP contribution in [0, 0.1) is 0 Å². The van der Waals surface area contributed by atoms with Gasteiger partial charge in [0.05, 0.1) is 19.0 Å². The van der Waals surface area contributed by atoms with Crippen molar-refractivity contribution in [1.82, 2.24) is 15.2 Å². The van der Waals surface area contributed by atoms with E-state index in [1.54, 1.807) is 25.4 Å². The lowest BCUT2D eigenvalue weighted by Crippen LogP contribution is -2.42. The summed E-state index contributed by atoms with van der Waals surface area (Å²) in [6, 6.07) is 3.64. The highest BCUT2D eigenvalue weighted by Gasteiger charge is 2.18. The van der Waals surface area contributed by atoms with E-state index in [1.807, 2.05) is 0 Å². The average molecular weight is 278 g/mol. The van der Waals surface area contributed by atoms with Gasteiger partial charge in [-0.25, -0.2) is 9.78 Å². The normalized spacial score (nSPS) is 16.7. The highest BCUT2D eigenvalue weighted by Crippen LogP contribution is 2.12. The largest absolute Gasteiger partial charge is 0.481 e. The van der Waals surface area contributed by atoms with Gasteiger partial charge in [-0.2, -0.15) is 0 Å². The van der Waals surface area contributed by atoms with Crippen LogP contribution in [0.3, 0.4) is 0 Å². The first-order valence-corrected chi connectivity index (χ1v) is 6.98. The molecule has 1 fully saturated rings. The maximum Gasteiger partial charge on any atom is 0.319 e. The molecule has 0 unspecified atom stereocenters. The first-order chi connectivity index (χ1) is 9.69. The second-order valence-electron chi connectivity index (χ2n) is 5.02. The number of pyridine rings is 1. The quantitative estimate of drug-likeness (QED) is 0.860. The van der Waals surface area contributed by atoms with Crippen molar-refractivity contribution in [1.29, 1.82) is 0 Å². The van der Waals surface area contributed by atoms with E-state index < -0.39 is 0 Å². The molecule has 1 aliphatic rings. The highest BCUT2D eigenvalue weighted by molar-refractivity contribution is 5.89. The molecule has 110 valence electrons. The smallest absolute Gasteiger partial charge is 0.319 e. The first kappa shape index (κ1) is 14.6. The summed E-state index contributed by atoms with van der Waals surface area (Å²) < 4.78 is 4.97. The second-order valence-corrected chi connectivity index (χ2v) is 5.02. The second kappa shape index (κ2) is 7.09. The van der Waals surface area contributed by atoms with Crippen molar-refractivity contribution in [2.45, 2.75) is 25.8 Å². The zero-order chi connectivity index (χ0) is 14.4. The monoisotopic (exact) mass is 278 g/mol. The van der Waals surface area contributed by atoms with E-state index in [1.165, 1.54) is 12.8 Å². The van der Waals surface area contributed by atoms with Crippen molar-refractivity contribution in [3.63, 3.8) is 0 Å². The van der Waals surface area contributed by atoms with Crippen LogP contribution in [-0.2, 0) is 0 Å². The standard InChI is InChI=1S/C14H22N4O2/c1-11(18-7-3-4-8-18)9-16-14(19)17-12-5-6-13(20-2)15-10-12/h5-6,10-11H,3-4,7-9H2,1-2H3,(H2,16,17,19)/t11-/m1/s1. The van der Waals surface area contributed by atoms with Crippen molar-refractivity contribution in [2.24, 2.45) is 0 Å². The number of carbonyl (C=O) groups is 1. The fourth-order valence-electron chi connectivity index (χ4n) is 2.30. The van der Waals surface area contributed by atoms with E-state index in [4.69, 9.17) is 4.74 Å². The number of urea groups is 1. The Morgan fingerprint density at radius 3 is 2.80 bits per heavy atom. The molecule has 1 aromatic rings. The molecule has 0 spiro atoms. The van der Waals surface area contributed by atoms with Gasteiger partial charge in [0.25, 0.3) is 0 Å². The molecule has 0 aromatic carbocycles. The highest BCUT2D eigenvalue weighted by atomic mass is 16.5. The van der Waals surface area contributed by atoms with E-state index >= 15 is 0 Å². The van der Waals surface area contributed by atoms with Crippen LogP contribution in [0.1, 0.15) is 19.8 Å². The van der Waals surface area contributed by atoms with Gasteiger partial charge in [0.2, 0.25) is 5.88 Å². The number of nitrogens with one attached hydrogen (secondary N) is 2. The number of aromatic nitrogens is 1. The summed E-state index contributed by atoms with van der Waals surface area (Å²) in [5, 5.41) is 5.64. The minimum Gasteiger partial charge on any atom is -0.481 e. The number of methoxy groups -OCH3 is 1. The molecular weight excluding hydrogens is 256 g/mol. The third kappa shape index (κ3) is 4.09. The van der Waals surface area contributed by atoms with E-state index in [0.29, 0.717) is 24.2 Å². The Kier molecular flexibility index (Phi) is 5.17. The molecule has 1 saturated heterocycles. The van der Waals surface area contributed by atoms with Gasteiger partial charge in [0.15, 0.2) is 0 Å². The molecular formula is C14H22N4O2. The number of rotatable bonds is 5. The Balaban J connectivity index is 1.74. The average Bonchev–Trinajstić information content (AvgIpc) is 3.00. The van der Waals surface area contributed by atoms with Crippen molar-refractivity contribution in [2.75, 3.05) is 32.1 Å². The van der Waals surface area contributed by atoms with E-state index in [-0.39, 0.29) is 6.03 Å². The van der Waals surface area contributed by atoms with Crippen LogP contribution in [0.25, 0.3) is 0 Å². The summed E-state index contributed by atoms with van der Waals surface area (Å²) in [5.41, 5.74) is 0.650. The number of nitrogens with zero attached hydrogens (tertiary/aromatic N) is 2. The molecule has 6 nitrogen and oxygen atoms in total. The number of carbonyl (C=O) groups excluding carboxylic acids is 1. The maximum absolute atomic E-state index is 11.8. The number of hydrogen-bond donors (Lipinski definition) is 2. The minimum atomic E-state index is -0.206. The van der Waals surface area contributed by atoms with Crippen molar-refractivity contribution < 1.29 is 9.53 Å². The summed E-state index contributed by atoms with van der Waals surface area (Å²) >= 11 is 0. The summed E-state index contributed by atoms with van der Waals surface area (Å²) in [5.74, 6) is 0.526. The fourth-order valence-corrected chi connectivity index (χ4v) is 2.30. The molecule has 6 heteroatoms. The maximum atomic E-state index is 11.8. The predicted octanol–water partition coefficient (Wildman–Crippen LogP) is 1.70. The van der Waals surface area contributed by atoms with Crippen molar-refractivity contribution in [3.05, 3.63) is 18.3 Å². The van der Waals surface area contributed by atoms with Crippen LogP contribution >= 0.6 is 0 Å². The van der Waals surface area contributed by atoms with Crippen molar-refractivity contribution >= 4 is 11.7 Å². The minimum absolute atomic E-state index is 0.206. The molecule has 1 atom stereocenters. The van der Waals surface area contributed by atoms with Crippen LogP contribution in [0.2, 0.25) is 0 Å². The molecule has 0 radical (unpaired) electrons. The number of amides is 2. The van der Waals surface area contributed by atoms with Gasteiger partial charge >= 0.3 is 6.03 Å². The molecule has 1 aliphatic heterocycles. The molecule has 2 N–H and O–H groups in total. The molecule has 0 aliphatic carbocycles. The van der Waals surface area contributed by atoms with E-state index in [2.05, 4.69) is 27.4 Å². The molecule has 20 heavy (non-hydrogen) atoms. The Morgan fingerprint density at radius 1 is 1.45 bits per heavy atom. The van der Waals surface area contributed by atoms with E-state index in [0.717, 1.165) is 13.1 Å². The lowest BCUT2D eigenvalue weighted by molar-refractivity contribution is 0.234. The third-order valence-electron chi connectivity index (χ3n) is 3.53. The third-order valence-corrected chi connectivity index (χ3v) is 3.53. The number of ether oxygens (including phenoxy) is 1. The lowest BCUT2D eigenvalue weighted by atomic mass is 10.3. The molecule has 2 rings (SSSR count). The molecule has 2 amide bonds. The fraction of sp³-hybridized carbons (Fsp3) is 0.571. The summed E-state index contributed by atoms with van der Waals surface area (Å²) in [6.45, 7) is 5.05. The topological polar surface area (TPSA) is 66.5 Å².